The number of carbonyl (C=O) groups excluding carboxylic acids is 1. The predicted octanol–water partition coefficient (Wildman–Crippen LogP) is 4.87. The molecule has 0 atom stereocenters. The lowest BCUT2D eigenvalue weighted by molar-refractivity contribution is 0.112. The van der Waals surface area contributed by atoms with Crippen LogP contribution in [0, 0.1) is 5.92 Å². The monoisotopic (exact) mass is 308 g/mol. The SMILES string of the molecule is CC(C)CCN(c1nc(C(C)C)c(C=O)s1)C1CCCC1. The summed E-state index contributed by atoms with van der Waals surface area (Å²) in [6.07, 6.45) is 7.35. The second-order valence-corrected chi connectivity index (χ2v) is 7.84. The van der Waals surface area contributed by atoms with Crippen LogP contribution in [0.5, 0.6) is 0 Å². The van der Waals surface area contributed by atoms with Crippen molar-refractivity contribution in [2.24, 2.45) is 5.92 Å². The summed E-state index contributed by atoms with van der Waals surface area (Å²) in [5, 5.41) is 1.06. The Morgan fingerprint density at radius 3 is 2.43 bits per heavy atom. The molecule has 0 saturated heterocycles. The summed E-state index contributed by atoms with van der Waals surface area (Å²) in [7, 11) is 0. The molecule has 1 saturated carbocycles. The second kappa shape index (κ2) is 7.39. The van der Waals surface area contributed by atoms with E-state index in [9.17, 15) is 4.79 Å². The van der Waals surface area contributed by atoms with Crippen LogP contribution >= 0.6 is 11.3 Å². The second-order valence-electron chi connectivity index (χ2n) is 6.83. The Balaban J connectivity index is 2.24. The molecule has 1 aliphatic carbocycles. The maximum absolute atomic E-state index is 11.3. The zero-order valence-corrected chi connectivity index (χ0v) is 14.6. The zero-order valence-electron chi connectivity index (χ0n) is 13.8. The minimum Gasteiger partial charge on any atom is -0.345 e. The molecular formula is C17H28N2OS. The van der Waals surface area contributed by atoms with E-state index in [0.29, 0.717) is 17.9 Å². The molecule has 2 rings (SSSR count). The maximum Gasteiger partial charge on any atom is 0.186 e. The molecule has 118 valence electrons. The van der Waals surface area contributed by atoms with Crippen molar-refractivity contribution in [2.75, 3.05) is 11.4 Å². The lowest BCUT2D eigenvalue weighted by Crippen LogP contribution is -2.34. The van der Waals surface area contributed by atoms with Gasteiger partial charge in [-0.15, -0.1) is 0 Å². The van der Waals surface area contributed by atoms with E-state index in [0.717, 1.165) is 28.5 Å². The van der Waals surface area contributed by atoms with Crippen LogP contribution in [0.1, 0.15) is 81.1 Å². The quantitative estimate of drug-likeness (QED) is 0.673. The predicted molar refractivity (Wildman–Crippen MR) is 90.6 cm³/mol. The average Bonchev–Trinajstić information content (AvgIpc) is 3.07. The Hall–Kier alpha value is -0.900. The minimum atomic E-state index is 0.311. The fourth-order valence-electron chi connectivity index (χ4n) is 3.00. The Bertz CT molecular complexity index is 461. The Morgan fingerprint density at radius 1 is 1.29 bits per heavy atom. The van der Waals surface area contributed by atoms with Gasteiger partial charge in [-0.2, -0.15) is 0 Å². The molecule has 0 N–H and O–H groups in total. The van der Waals surface area contributed by atoms with Gasteiger partial charge in [-0.05, 0) is 31.1 Å². The third kappa shape index (κ3) is 4.06. The summed E-state index contributed by atoms with van der Waals surface area (Å²) in [6.45, 7) is 9.82. The van der Waals surface area contributed by atoms with Gasteiger partial charge in [0.2, 0.25) is 0 Å². The molecule has 3 nitrogen and oxygen atoms in total. The molecule has 0 spiro atoms. The molecule has 21 heavy (non-hydrogen) atoms. The number of carbonyl (C=O) groups is 1. The highest BCUT2D eigenvalue weighted by molar-refractivity contribution is 7.17. The van der Waals surface area contributed by atoms with Gasteiger partial charge < -0.3 is 4.90 Å². The smallest absolute Gasteiger partial charge is 0.186 e. The highest BCUT2D eigenvalue weighted by Crippen LogP contribution is 2.34. The number of nitrogens with zero attached hydrogens (tertiary/aromatic N) is 2. The fraction of sp³-hybridized carbons (Fsp3) is 0.765. The van der Waals surface area contributed by atoms with E-state index in [1.54, 1.807) is 11.3 Å². The van der Waals surface area contributed by atoms with Crippen LogP contribution in [-0.4, -0.2) is 23.9 Å². The first-order chi connectivity index (χ1) is 10.0. The summed E-state index contributed by atoms with van der Waals surface area (Å²) >= 11 is 1.58. The number of aldehydes is 1. The van der Waals surface area contributed by atoms with Crippen molar-refractivity contribution in [3.8, 4) is 0 Å². The van der Waals surface area contributed by atoms with Crippen molar-refractivity contribution in [3.63, 3.8) is 0 Å². The van der Waals surface area contributed by atoms with Crippen LogP contribution < -0.4 is 4.90 Å². The van der Waals surface area contributed by atoms with Gasteiger partial charge in [-0.3, -0.25) is 4.79 Å². The van der Waals surface area contributed by atoms with Gasteiger partial charge in [0, 0.05) is 12.6 Å². The molecule has 1 heterocycles. The van der Waals surface area contributed by atoms with E-state index in [-0.39, 0.29) is 0 Å². The van der Waals surface area contributed by atoms with E-state index < -0.39 is 0 Å². The first kappa shape index (κ1) is 16.5. The standard InChI is InChI=1S/C17H28N2OS/c1-12(2)9-10-19(14-7-5-6-8-14)17-18-16(13(3)4)15(11-20)21-17/h11-14H,5-10H2,1-4H3. The van der Waals surface area contributed by atoms with E-state index in [2.05, 4.69) is 32.6 Å². The van der Waals surface area contributed by atoms with Crippen LogP contribution in [-0.2, 0) is 0 Å². The van der Waals surface area contributed by atoms with Gasteiger partial charge in [0.25, 0.3) is 0 Å². The molecule has 0 amide bonds. The molecule has 0 aliphatic heterocycles. The largest absolute Gasteiger partial charge is 0.345 e. The van der Waals surface area contributed by atoms with Crippen LogP contribution in [0.15, 0.2) is 0 Å². The van der Waals surface area contributed by atoms with Crippen LogP contribution in [0.3, 0.4) is 0 Å². The number of rotatable bonds is 7. The van der Waals surface area contributed by atoms with Gasteiger partial charge >= 0.3 is 0 Å². The number of aromatic nitrogens is 1. The summed E-state index contributed by atoms with van der Waals surface area (Å²) in [4.78, 5) is 19.4. The number of anilines is 1. The van der Waals surface area contributed by atoms with Gasteiger partial charge in [-0.25, -0.2) is 4.98 Å². The summed E-state index contributed by atoms with van der Waals surface area (Å²) < 4.78 is 0. The normalized spacial score (nSPS) is 16.1. The van der Waals surface area contributed by atoms with Crippen molar-refractivity contribution < 1.29 is 4.79 Å². The van der Waals surface area contributed by atoms with Gasteiger partial charge in [-0.1, -0.05) is 51.9 Å². The van der Waals surface area contributed by atoms with Gasteiger partial charge in [0.1, 0.15) is 0 Å². The van der Waals surface area contributed by atoms with Crippen LogP contribution in [0.25, 0.3) is 0 Å². The third-order valence-corrected chi connectivity index (χ3v) is 5.32. The van der Waals surface area contributed by atoms with E-state index >= 15 is 0 Å². The lowest BCUT2D eigenvalue weighted by atomic mass is 10.1. The lowest BCUT2D eigenvalue weighted by Gasteiger charge is -2.29. The highest BCUT2D eigenvalue weighted by atomic mass is 32.1. The number of hydrogen-bond acceptors (Lipinski definition) is 4. The van der Waals surface area contributed by atoms with Crippen LogP contribution in [0.4, 0.5) is 5.13 Å². The first-order valence-electron chi connectivity index (χ1n) is 8.25. The third-order valence-electron chi connectivity index (χ3n) is 4.28. The van der Waals surface area contributed by atoms with Crippen molar-refractivity contribution >= 4 is 22.8 Å². The molecule has 1 aromatic rings. The molecule has 0 aromatic carbocycles. The summed E-state index contributed by atoms with van der Waals surface area (Å²) in [6, 6.07) is 0.620. The fourth-order valence-corrected chi connectivity index (χ4v) is 4.13. The van der Waals surface area contributed by atoms with Crippen molar-refractivity contribution in [1.29, 1.82) is 0 Å². The van der Waals surface area contributed by atoms with Crippen molar-refractivity contribution in [3.05, 3.63) is 10.6 Å². The van der Waals surface area contributed by atoms with E-state index in [1.807, 2.05) is 0 Å². The number of hydrogen-bond donors (Lipinski definition) is 0. The molecule has 1 aliphatic rings. The average molecular weight is 308 g/mol. The van der Waals surface area contributed by atoms with Gasteiger partial charge in [0.15, 0.2) is 11.4 Å². The Kier molecular flexibility index (Phi) is 5.80. The molecule has 0 radical (unpaired) electrons. The van der Waals surface area contributed by atoms with E-state index in [1.165, 1.54) is 32.1 Å². The Labute approximate surface area is 132 Å². The number of thiazole rings is 1. The first-order valence-corrected chi connectivity index (χ1v) is 9.07. The van der Waals surface area contributed by atoms with Crippen molar-refractivity contribution in [1.82, 2.24) is 4.98 Å². The topological polar surface area (TPSA) is 33.2 Å². The van der Waals surface area contributed by atoms with Crippen molar-refractivity contribution in [2.45, 2.75) is 71.8 Å². The molecular weight excluding hydrogens is 280 g/mol. The van der Waals surface area contributed by atoms with Gasteiger partial charge in [0.05, 0.1) is 10.6 Å². The molecule has 0 bridgehead atoms. The molecule has 4 heteroatoms. The molecule has 0 unspecified atom stereocenters. The van der Waals surface area contributed by atoms with E-state index in [4.69, 9.17) is 4.98 Å². The molecule has 1 aromatic heterocycles. The highest BCUT2D eigenvalue weighted by Gasteiger charge is 2.26. The Morgan fingerprint density at radius 2 is 1.95 bits per heavy atom. The summed E-state index contributed by atoms with van der Waals surface area (Å²) in [5.41, 5.74) is 0.970. The van der Waals surface area contributed by atoms with Crippen LogP contribution in [0.2, 0.25) is 0 Å². The molecule has 1 fully saturated rings. The minimum absolute atomic E-state index is 0.311. The zero-order chi connectivity index (χ0) is 15.4. The summed E-state index contributed by atoms with van der Waals surface area (Å²) in [5.74, 6) is 1.01. The maximum atomic E-state index is 11.3.